The lowest BCUT2D eigenvalue weighted by atomic mass is 10.2. The number of hydrogen-bond acceptors (Lipinski definition) is 5. The fourth-order valence-corrected chi connectivity index (χ4v) is 3.96. The molecule has 6 nitrogen and oxygen atoms in total. The van der Waals surface area contributed by atoms with Crippen LogP contribution in [0.4, 0.5) is 4.39 Å². The number of nitrogens with zero attached hydrogens (tertiary/aromatic N) is 2. The Morgan fingerprint density at radius 3 is 2.67 bits per heavy atom. The zero-order chi connectivity index (χ0) is 20.9. The topological polar surface area (TPSA) is 62.2 Å². The van der Waals surface area contributed by atoms with E-state index in [4.69, 9.17) is 9.47 Å². The summed E-state index contributed by atoms with van der Waals surface area (Å²) in [6, 6.07) is 13.8. The molecule has 2 heterocycles. The van der Waals surface area contributed by atoms with Crippen LogP contribution >= 0.6 is 0 Å². The van der Waals surface area contributed by atoms with E-state index in [1.54, 1.807) is 12.1 Å². The number of amides is 1. The van der Waals surface area contributed by atoms with Crippen molar-refractivity contribution >= 4 is 5.91 Å². The Hall–Kier alpha value is -2.64. The largest absolute Gasteiger partial charge is 0.492 e. The molecule has 1 amide bonds. The molecular formula is C23H27FN2O4. The van der Waals surface area contributed by atoms with Crippen molar-refractivity contribution in [2.45, 2.75) is 31.6 Å². The molecule has 2 atom stereocenters. The van der Waals surface area contributed by atoms with Gasteiger partial charge in [-0.3, -0.25) is 9.69 Å². The Balaban J connectivity index is 1.23. The maximum absolute atomic E-state index is 13.3. The molecule has 0 spiro atoms. The molecule has 2 aliphatic rings. The maximum atomic E-state index is 13.3. The monoisotopic (exact) mass is 414 g/mol. The molecule has 2 saturated heterocycles. The lowest BCUT2D eigenvalue weighted by molar-refractivity contribution is -0.128. The van der Waals surface area contributed by atoms with E-state index in [9.17, 15) is 14.3 Å². The first-order chi connectivity index (χ1) is 14.6. The van der Waals surface area contributed by atoms with Crippen LogP contribution in [0.5, 0.6) is 11.5 Å². The zero-order valence-corrected chi connectivity index (χ0v) is 16.9. The predicted octanol–water partition coefficient (Wildman–Crippen LogP) is 2.45. The molecule has 4 rings (SSSR count). The zero-order valence-electron chi connectivity index (χ0n) is 16.9. The quantitative estimate of drug-likeness (QED) is 0.719. The number of aliphatic hydroxyl groups excluding tert-OH is 1. The van der Waals surface area contributed by atoms with Crippen LogP contribution in [0, 0.1) is 5.82 Å². The number of aliphatic hydroxyl groups is 1. The summed E-state index contributed by atoms with van der Waals surface area (Å²) in [6.07, 6.45) is 0.577. The number of rotatable bonds is 8. The highest BCUT2D eigenvalue weighted by Crippen LogP contribution is 2.22. The van der Waals surface area contributed by atoms with Crippen molar-refractivity contribution in [3.8, 4) is 11.5 Å². The summed E-state index contributed by atoms with van der Waals surface area (Å²) in [6.45, 7) is 3.69. The Labute approximate surface area is 175 Å². The fraction of sp³-hybridized carbons (Fsp3) is 0.435. The molecule has 2 aromatic carbocycles. The van der Waals surface area contributed by atoms with Crippen molar-refractivity contribution in [2.75, 3.05) is 32.8 Å². The van der Waals surface area contributed by atoms with Crippen LogP contribution in [0.1, 0.15) is 18.4 Å². The van der Waals surface area contributed by atoms with Gasteiger partial charge in [0.15, 0.2) is 0 Å². The van der Waals surface area contributed by atoms with Crippen LogP contribution in [0.15, 0.2) is 48.5 Å². The summed E-state index contributed by atoms with van der Waals surface area (Å²) in [7, 11) is 0. The summed E-state index contributed by atoms with van der Waals surface area (Å²) in [5.74, 6) is 1.06. The summed E-state index contributed by atoms with van der Waals surface area (Å²) >= 11 is 0. The SMILES string of the molecule is O=C1CCCN1CCOc1ccc(CN2C[C@@H](O)[C@H](Oc3cccc(F)c3)C2)cc1. The van der Waals surface area contributed by atoms with Gasteiger partial charge in [-0.05, 0) is 36.2 Å². The lowest BCUT2D eigenvalue weighted by Crippen LogP contribution is -2.29. The summed E-state index contributed by atoms with van der Waals surface area (Å²) in [4.78, 5) is 15.6. The number of carbonyl (C=O) groups excluding carboxylic acids is 1. The van der Waals surface area contributed by atoms with E-state index in [0.717, 1.165) is 24.3 Å². The Kier molecular flexibility index (Phi) is 6.50. The minimum absolute atomic E-state index is 0.210. The third kappa shape index (κ3) is 5.29. The minimum Gasteiger partial charge on any atom is -0.492 e. The molecular weight excluding hydrogens is 387 g/mol. The van der Waals surface area contributed by atoms with E-state index in [1.807, 2.05) is 29.2 Å². The second-order valence-corrected chi connectivity index (χ2v) is 7.85. The molecule has 2 fully saturated rings. The second kappa shape index (κ2) is 9.45. The van der Waals surface area contributed by atoms with Crippen LogP contribution in [0.25, 0.3) is 0 Å². The van der Waals surface area contributed by atoms with Crippen LogP contribution < -0.4 is 9.47 Å². The van der Waals surface area contributed by atoms with Gasteiger partial charge in [0.1, 0.15) is 36.1 Å². The molecule has 0 radical (unpaired) electrons. The number of halogens is 1. The van der Waals surface area contributed by atoms with Gasteiger partial charge in [0.05, 0.1) is 6.54 Å². The summed E-state index contributed by atoms with van der Waals surface area (Å²) in [5, 5.41) is 10.3. The van der Waals surface area contributed by atoms with Crippen molar-refractivity contribution in [3.05, 3.63) is 59.9 Å². The van der Waals surface area contributed by atoms with E-state index in [2.05, 4.69) is 4.90 Å². The average Bonchev–Trinajstić information content (AvgIpc) is 3.28. The first kappa shape index (κ1) is 20.6. The molecule has 7 heteroatoms. The van der Waals surface area contributed by atoms with Gasteiger partial charge in [-0.25, -0.2) is 4.39 Å². The molecule has 1 N–H and O–H groups in total. The average molecular weight is 414 g/mol. The smallest absolute Gasteiger partial charge is 0.222 e. The molecule has 160 valence electrons. The number of benzene rings is 2. The maximum Gasteiger partial charge on any atom is 0.222 e. The number of carbonyl (C=O) groups is 1. The van der Waals surface area contributed by atoms with Crippen molar-refractivity contribution in [2.24, 2.45) is 0 Å². The van der Waals surface area contributed by atoms with Gasteiger partial charge < -0.3 is 19.5 Å². The molecule has 0 bridgehead atoms. The van der Waals surface area contributed by atoms with E-state index in [0.29, 0.717) is 45.0 Å². The lowest BCUT2D eigenvalue weighted by Gasteiger charge is -2.18. The standard InChI is InChI=1S/C23H27FN2O4/c24-18-3-1-4-20(13-18)30-22-16-25(15-21(22)27)14-17-6-8-19(9-7-17)29-12-11-26-10-2-5-23(26)28/h1,3-4,6-9,13,21-22,27H,2,5,10-12,14-16H2/t21-,22-/m1/s1. The first-order valence-electron chi connectivity index (χ1n) is 10.4. The number of ether oxygens (including phenoxy) is 2. The van der Waals surface area contributed by atoms with Crippen LogP contribution in [0.2, 0.25) is 0 Å². The van der Waals surface area contributed by atoms with Gasteiger partial charge >= 0.3 is 0 Å². The number of β-amino-alcohol motifs (C(OH)–C–C–N with tert-alkyl or cyclic N) is 1. The molecule has 2 aromatic rings. The highest BCUT2D eigenvalue weighted by Gasteiger charge is 2.33. The van der Waals surface area contributed by atoms with Crippen molar-refractivity contribution in [1.82, 2.24) is 9.80 Å². The predicted molar refractivity (Wildman–Crippen MR) is 110 cm³/mol. The van der Waals surface area contributed by atoms with Gasteiger partial charge in [-0.1, -0.05) is 18.2 Å². The molecule has 30 heavy (non-hydrogen) atoms. The molecule has 0 aliphatic carbocycles. The van der Waals surface area contributed by atoms with E-state index >= 15 is 0 Å². The van der Waals surface area contributed by atoms with Crippen LogP contribution in [0.3, 0.4) is 0 Å². The summed E-state index contributed by atoms with van der Waals surface area (Å²) in [5.41, 5.74) is 1.11. The van der Waals surface area contributed by atoms with Crippen molar-refractivity contribution < 1.29 is 23.8 Å². The molecule has 0 unspecified atom stereocenters. The van der Waals surface area contributed by atoms with E-state index in [-0.39, 0.29) is 17.8 Å². The second-order valence-electron chi connectivity index (χ2n) is 7.85. The molecule has 2 aliphatic heterocycles. The highest BCUT2D eigenvalue weighted by atomic mass is 19.1. The third-order valence-corrected chi connectivity index (χ3v) is 5.53. The fourth-order valence-electron chi connectivity index (χ4n) is 3.96. The van der Waals surface area contributed by atoms with Gasteiger partial charge in [-0.2, -0.15) is 0 Å². The minimum atomic E-state index is -0.621. The number of likely N-dealkylation sites (tertiary alicyclic amines) is 2. The van der Waals surface area contributed by atoms with Gasteiger partial charge in [0.2, 0.25) is 5.91 Å². The third-order valence-electron chi connectivity index (χ3n) is 5.53. The number of hydrogen-bond donors (Lipinski definition) is 1. The first-order valence-corrected chi connectivity index (χ1v) is 10.4. The van der Waals surface area contributed by atoms with Crippen LogP contribution in [-0.2, 0) is 11.3 Å². The normalized spacial score (nSPS) is 21.9. The Bertz CT molecular complexity index is 861. The van der Waals surface area contributed by atoms with Crippen molar-refractivity contribution in [1.29, 1.82) is 0 Å². The van der Waals surface area contributed by atoms with Crippen LogP contribution in [-0.4, -0.2) is 65.8 Å². The van der Waals surface area contributed by atoms with Crippen molar-refractivity contribution in [3.63, 3.8) is 0 Å². The van der Waals surface area contributed by atoms with Gasteiger partial charge in [-0.15, -0.1) is 0 Å². The van der Waals surface area contributed by atoms with E-state index in [1.165, 1.54) is 12.1 Å². The highest BCUT2D eigenvalue weighted by molar-refractivity contribution is 5.78. The van der Waals surface area contributed by atoms with E-state index < -0.39 is 6.10 Å². The molecule has 0 aromatic heterocycles. The Morgan fingerprint density at radius 2 is 1.93 bits per heavy atom. The van der Waals surface area contributed by atoms with Gasteiger partial charge in [0, 0.05) is 38.7 Å². The Morgan fingerprint density at radius 1 is 1.10 bits per heavy atom. The van der Waals surface area contributed by atoms with Gasteiger partial charge in [0.25, 0.3) is 0 Å². The molecule has 0 saturated carbocycles. The summed E-state index contributed by atoms with van der Waals surface area (Å²) < 4.78 is 24.9.